The van der Waals surface area contributed by atoms with Gasteiger partial charge in [0.2, 0.25) is 0 Å². The first kappa shape index (κ1) is 16.8. The summed E-state index contributed by atoms with van der Waals surface area (Å²) in [5.74, 6) is 0.586. The first-order chi connectivity index (χ1) is 9.65. The molecule has 0 bridgehead atoms. The topological polar surface area (TPSA) is 75.1 Å². The highest BCUT2D eigenvalue weighted by atomic mass is 32.2. The largest absolute Gasteiger partial charge is 0.481 e. The molecular formula is C14H23N3O2S. The van der Waals surface area contributed by atoms with E-state index in [0.29, 0.717) is 5.92 Å². The number of anilines is 1. The summed E-state index contributed by atoms with van der Waals surface area (Å²) in [6.07, 6.45) is 7.69. The molecule has 1 rings (SSSR count). The van der Waals surface area contributed by atoms with Crippen molar-refractivity contribution in [2.24, 2.45) is 5.92 Å². The third kappa shape index (κ3) is 6.75. The molecule has 1 heterocycles. The van der Waals surface area contributed by atoms with E-state index in [4.69, 9.17) is 5.11 Å². The van der Waals surface area contributed by atoms with Gasteiger partial charge >= 0.3 is 5.97 Å². The summed E-state index contributed by atoms with van der Waals surface area (Å²) in [7, 11) is 0. The molecule has 112 valence electrons. The van der Waals surface area contributed by atoms with Gasteiger partial charge in [-0.15, -0.1) is 11.8 Å². The predicted molar refractivity (Wildman–Crippen MR) is 82.2 cm³/mol. The van der Waals surface area contributed by atoms with Crippen LogP contribution in [0.4, 0.5) is 5.82 Å². The standard InChI is InChI=1S/C14H23N3O2S/c1-3-4-11(5-6-14(18)19)7-8-15-12-9-13(20-2)17-10-16-12/h9-11H,3-8H2,1-2H3,(H,18,19)(H,15,16,17). The highest BCUT2D eigenvalue weighted by molar-refractivity contribution is 7.98. The van der Waals surface area contributed by atoms with Gasteiger partial charge in [0, 0.05) is 19.0 Å². The molecular weight excluding hydrogens is 274 g/mol. The van der Waals surface area contributed by atoms with Crippen molar-refractivity contribution in [2.75, 3.05) is 18.1 Å². The third-order valence-corrected chi connectivity index (χ3v) is 3.81. The van der Waals surface area contributed by atoms with Crippen LogP contribution in [0.1, 0.15) is 39.0 Å². The second-order valence-electron chi connectivity index (χ2n) is 4.75. The number of aliphatic carboxylic acids is 1. The molecule has 20 heavy (non-hydrogen) atoms. The lowest BCUT2D eigenvalue weighted by Gasteiger charge is -2.15. The van der Waals surface area contributed by atoms with Crippen LogP contribution in [0.15, 0.2) is 17.4 Å². The maximum atomic E-state index is 10.6. The fourth-order valence-corrected chi connectivity index (χ4v) is 2.50. The Morgan fingerprint density at radius 2 is 2.20 bits per heavy atom. The Morgan fingerprint density at radius 3 is 2.85 bits per heavy atom. The van der Waals surface area contributed by atoms with E-state index in [-0.39, 0.29) is 6.42 Å². The predicted octanol–water partition coefficient (Wildman–Crippen LogP) is 3.28. The third-order valence-electron chi connectivity index (χ3n) is 3.17. The zero-order valence-electron chi connectivity index (χ0n) is 12.1. The molecule has 0 radical (unpaired) electrons. The number of nitrogens with zero attached hydrogens (tertiary/aromatic N) is 2. The second kappa shape index (κ2) is 9.58. The summed E-state index contributed by atoms with van der Waals surface area (Å²) >= 11 is 1.59. The molecule has 1 unspecified atom stereocenters. The van der Waals surface area contributed by atoms with Crippen molar-refractivity contribution in [3.8, 4) is 0 Å². The molecule has 1 aromatic heterocycles. The van der Waals surface area contributed by atoms with Crippen molar-refractivity contribution in [1.29, 1.82) is 0 Å². The molecule has 0 amide bonds. The number of nitrogens with one attached hydrogen (secondary N) is 1. The average Bonchev–Trinajstić information content (AvgIpc) is 2.45. The minimum absolute atomic E-state index is 0.259. The molecule has 0 aliphatic carbocycles. The van der Waals surface area contributed by atoms with Crippen LogP contribution >= 0.6 is 11.8 Å². The fourth-order valence-electron chi connectivity index (χ4n) is 2.12. The highest BCUT2D eigenvalue weighted by Gasteiger charge is 2.10. The SMILES string of the molecule is CCCC(CCNc1cc(SC)ncn1)CCC(=O)O. The summed E-state index contributed by atoms with van der Waals surface area (Å²) in [5.41, 5.74) is 0. The first-order valence-corrected chi connectivity index (χ1v) is 8.19. The van der Waals surface area contributed by atoms with Crippen LogP contribution in [-0.2, 0) is 4.79 Å². The van der Waals surface area contributed by atoms with E-state index in [9.17, 15) is 4.79 Å². The molecule has 0 aliphatic heterocycles. The van der Waals surface area contributed by atoms with Gasteiger partial charge in [0.25, 0.3) is 0 Å². The molecule has 0 fully saturated rings. The maximum absolute atomic E-state index is 10.6. The summed E-state index contributed by atoms with van der Waals surface area (Å²) in [6.45, 7) is 2.95. The summed E-state index contributed by atoms with van der Waals surface area (Å²) in [4.78, 5) is 18.9. The average molecular weight is 297 g/mol. The van der Waals surface area contributed by atoms with Gasteiger partial charge in [-0.05, 0) is 25.0 Å². The Labute approximate surface area is 124 Å². The van der Waals surface area contributed by atoms with Gasteiger partial charge < -0.3 is 10.4 Å². The Bertz CT molecular complexity index is 415. The molecule has 0 saturated heterocycles. The van der Waals surface area contributed by atoms with Gasteiger partial charge in [-0.25, -0.2) is 9.97 Å². The zero-order chi connectivity index (χ0) is 14.8. The lowest BCUT2D eigenvalue weighted by atomic mass is 9.94. The summed E-state index contributed by atoms with van der Waals surface area (Å²) in [6, 6.07) is 1.93. The molecule has 5 nitrogen and oxygen atoms in total. The minimum Gasteiger partial charge on any atom is -0.481 e. The fraction of sp³-hybridized carbons (Fsp3) is 0.643. The van der Waals surface area contributed by atoms with Gasteiger partial charge in [-0.3, -0.25) is 4.79 Å². The number of aromatic nitrogens is 2. The van der Waals surface area contributed by atoms with Crippen LogP contribution in [0.5, 0.6) is 0 Å². The van der Waals surface area contributed by atoms with Crippen LogP contribution in [0.3, 0.4) is 0 Å². The summed E-state index contributed by atoms with van der Waals surface area (Å²) in [5, 5.41) is 13.0. The van der Waals surface area contributed by atoms with Crippen LogP contribution in [0, 0.1) is 5.92 Å². The van der Waals surface area contributed by atoms with Crippen molar-refractivity contribution in [1.82, 2.24) is 9.97 Å². The van der Waals surface area contributed by atoms with Crippen molar-refractivity contribution >= 4 is 23.5 Å². The molecule has 0 aromatic carbocycles. The van der Waals surface area contributed by atoms with E-state index < -0.39 is 5.97 Å². The molecule has 6 heteroatoms. The molecule has 0 aliphatic rings. The molecule has 1 aromatic rings. The van der Waals surface area contributed by atoms with Crippen molar-refractivity contribution in [3.05, 3.63) is 12.4 Å². The van der Waals surface area contributed by atoms with Gasteiger partial charge in [0.05, 0.1) is 0 Å². The van der Waals surface area contributed by atoms with Crippen molar-refractivity contribution in [3.63, 3.8) is 0 Å². The first-order valence-electron chi connectivity index (χ1n) is 6.97. The van der Waals surface area contributed by atoms with Gasteiger partial charge in [0.1, 0.15) is 17.2 Å². The van der Waals surface area contributed by atoms with Gasteiger partial charge in [-0.2, -0.15) is 0 Å². The number of hydrogen-bond donors (Lipinski definition) is 2. The van der Waals surface area contributed by atoms with E-state index in [0.717, 1.165) is 43.1 Å². The Kier molecular flexibility index (Phi) is 8.02. The quantitative estimate of drug-likeness (QED) is 0.510. The Balaban J connectivity index is 2.36. The Morgan fingerprint density at radius 1 is 1.40 bits per heavy atom. The van der Waals surface area contributed by atoms with Gasteiger partial charge in [0.15, 0.2) is 0 Å². The van der Waals surface area contributed by atoms with Crippen LogP contribution in [0.2, 0.25) is 0 Å². The van der Waals surface area contributed by atoms with E-state index >= 15 is 0 Å². The van der Waals surface area contributed by atoms with E-state index in [2.05, 4.69) is 22.2 Å². The maximum Gasteiger partial charge on any atom is 0.303 e. The normalized spacial score (nSPS) is 12.1. The highest BCUT2D eigenvalue weighted by Crippen LogP contribution is 2.18. The lowest BCUT2D eigenvalue weighted by Crippen LogP contribution is -2.11. The molecule has 0 saturated carbocycles. The van der Waals surface area contributed by atoms with Crippen LogP contribution in [-0.4, -0.2) is 33.8 Å². The molecule has 1 atom stereocenters. The smallest absolute Gasteiger partial charge is 0.303 e. The van der Waals surface area contributed by atoms with Crippen molar-refractivity contribution in [2.45, 2.75) is 44.1 Å². The molecule has 0 spiro atoms. The minimum atomic E-state index is -0.709. The summed E-state index contributed by atoms with van der Waals surface area (Å²) < 4.78 is 0. The number of thioether (sulfide) groups is 1. The Hall–Kier alpha value is -1.30. The van der Waals surface area contributed by atoms with Crippen molar-refractivity contribution < 1.29 is 9.90 Å². The number of carbonyl (C=O) groups is 1. The van der Waals surface area contributed by atoms with Gasteiger partial charge in [-0.1, -0.05) is 19.8 Å². The number of carboxylic acids is 1. The monoisotopic (exact) mass is 297 g/mol. The van der Waals surface area contributed by atoms with E-state index in [1.807, 2.05) is 12.3 Å². The number of rotatable bonds is 10. The zero-order valence-corrected chi connectivity index (χ0v) is 12.9. The second-order valence-corrected chi connectivity index (χ2v) is 5.57. The van der Waals surface area contributed by atoms with E-state index in [1.165, 1.54) is 0 Å². The number of hydrogen-bond acceptors (Lipinski definition) is 5. The van der Waals surface area contributed by atoms with E-state index in [1.54, 1.807) is 18.1 Å². The number of carboxylic acid groups (broad SMARTS) is 1. The van der Waals surface area contributed by atoms with Crippen LogP contribution < -0.4 is 5.32 Å². The lowest BCUT2D eigenvalue weighted by molar-refractivity contribution is -0.137. The van der Waals surface area contributed by atoms with Crippen LogP contribution in [0.25, 0.3) is 0 Å². The molecule has 2 N–H and O–H groups in total.